The minimum Gasteiger partial charge on any atom is -0.497 e. The molecule has 0 aliphatic rings. The van der Waals surface area contributed by atoms with Crippen LogP contribution in [0.3, 0.4) is 0 Å². The van der Waals surface area contributed by atoms with Crippen molar-refractivity contribution < 1.29 is 28.6 Å². The lowest BCUT2D eigenvalue weighted by atomic mass is 10.3. The lowest BCUT2D eigenvalue weighted by molar-refractivity contribution is -0.152. The molecule has 2 rings (SSSR count). The molecule has 0 fully saturated rings. The summed E-state index contributed by atoms with van der Waals surface area (Å²) < 4.78 is 15.4. The zero-order chi connectivity index (χ0) is 21.1. The van der Waals surface area contributed by atoms with Gasteiger partial charge in [-0.1, -0.05) is 24.3 Å². The first-order valence-electron chi connectivity index (χ1n) is 8.99. The van der Waals surface area contributed by atoms with Crippen LogP contribution in [0, 0.1) is 0 Å². The number of hydrogen-bond donors (Lipinski definition) is 1. The predicted molar refractivity (Wildman–Crippen MR) is 107 cm³/mol. The summed E-state index contributed by atoms with van der Waals surface area (Å²) >= 11 is 0. The Balaban J connectivity index is 1.67. The highest BCUT2D eigenvalue weighted by Crippen LogP contribution is 2.16. The van der Waals surface area contributed by atoms with Crippen LogP contribution in [0.4, 0.5) is 5.69 Å². The lowest BCUT2D eigenvalue weighted by Crippen LogP contribution is -2.37. The summed E-state index contributed by atoms with van der Waals surface area (Å²) in [5, 5.41) is 2.67. The van der Waals surface area contributed by atoms with Gasteiger partial charge in [0.1, 0.15) is 11.5 Å². The van der Waals surface area contributed by atoms with Gasteiger partial charge in [0.2, 0.25) is 5.91 Å². The maximum absolute atomic E-state index is 12.1. The van der Waals surface area contributed by atoms with E-state index in [1.54, 1.807) is 36.4 Å². The Morgan fingerprint density at radius 1 is 1.00 bits per heavy atom. The van der Waals surface area contributed by atoms with E-state index < -0.39 is 18.5 Å². The Morgan fingerprint density at radius 2 is 1.72 bits per heavy atom. The van der Waals surface area contributed by atoms with Crippen LogP contribution in [0.2, 0.25) is 0 Å². The van der Waals surface area contributed by atoms with Gasteiger partial charge in [0.15, 0.2) is 6.61 Å². The van der Waals surface area contributed by atoms with Crippen molar-refractivity contribution >= 4 is 23.5 Å². The van der Waals surface area contributed by atoms with Gasteiger partial charge in [-0.15, -0.1) is 0 Å². The summed E-state index contributed by atoms with van der Waals surface area (Å²) in [5.74, 6) is -0.156. The van der Waals surface area contributed by atoms with E-state index in [-0.39, 0.29) is 25.5 Å². The second kappa shape index (κ2) is 11.3. The zero-order valence-electron chi connectivity index (χ0n) is 16.4. The molecular formula is C21H24N2O6. The lowest BCUT2D eigenvalue weighted by Gasteiger charge is -2.17. The summed E-state index contributed by atoms with van der Waals surface area (Å²) in [6.07, 6.45) is 0.0161. The Hall–Kier alpha value is -3.55. The van der Waals surface area contributed by atoms with E-state index in [0.717, 1.165) is 0 Å². The molecule has 0 spiro atoms. The number of benzene rings is 2. The number of ether oxygens (including phenoxy) is 3. The van der Waals surface area contributed by atoms with E-state index in [0.29, 0.717) is 17.2 Å². The predicted octanol–water partition coefficient (Wildman–Crippen LogP) is 2.10. The molecule has 0 aliphatic carbocycles. The van der Waals surface area contributed by atoms with Gasteiger partial charge in [0.25, 0.3) is 5.91 Å². The average molecular weight is 400 g/mol. The molecule has 2 aromatic rings. The Labute approximate surface area is 169 Å². The number of anilines is 1. The first-order chi connectivity index (χ1) is 14.0. The monoisotopic (exact) mass is 400 g/mol. The standard InChI is InChI=1S/C21H24N2O6/c1-23(14-19(24)22-16-7-6-10-18(13-16)27-2)20(25)15-29-21(26)11-12-28-17-8-4-3-5-9-17/h3-10,13H,11-12,14-15H2,1-2H3,(H,22,24). The number of amides is 2. The highest BCUT2D eigenvalue weighted by molar-refractivity contribution is 5.94. The van der Waals surface area contributed by atoms with E-state index in [1.165, 1.54) is 19.1 Å². The first kappa shape index (κ1) is 21.7. The highest BCUT2D eigenvalue weighted by Gasteiger charge is 2.15. The van der Waals surface area contributed by atoms with Crippen molar-refractivity contribution in [1.82, 2.24) is 4.90 Å². The Morgan fingerprint density at radius 3 is 2.45 bits per heavy atom. The normalized spacial score (nSPS) is 10.0. The zero-order valence-corrected chi connectivity index (χ0v) is 16.4. The fourth-order valence-corrected chi connectivity index (χ4v) is 2.30. The van der Waals surface area contributed by atoms with Crippen molar-refractivity contribution in [2.75, 3.05) is 39.2 Å². The van der Waals surface area contributed by atoms with Crippen LogP contribution < -0.4 is 14.8 Å². The summed E-state index contributed by atoms with van der Waals surface area (Å²) in [6, 6.07) is 15.9. The molecule has 2 amide bonds. The second-order valence-electron chi connectivity index (χ2n) is 6.10. The van der Waals surface area contributed by atoms with Crippen LogP contribution >= 0.6 is 0 Å². The van der Waals surface area contributed by atoms with Crippen LogP contribution in [0.5, 0.6) is 11.5 Å². The fourth-order valence-electron chi connectivity index (χ4n) is 2.30. The molecule has 8 heteroatoms. The summed E-state index contributed by atoms with van der Waals surface area (Å²) in [5.41, 5.74) is 0.556. The summed E-state index contributed by atoms with van der Waals surface area (Å²) in [6.45, 7) is -0.465. The van der Waals surface area contributed by atoms with Crippen LogP contribution in [0.15, 0.2) is 54.6 Å². The number of nitrogens with one attached hydrogen (secondary N) is 1. The van der Waals surface area contributed by atoms with Gasteiger partial charge >= 0.3 is 5.97 Å². The van der Waals surface area contributed by atoms with Gasteiger partial charge < -0.3 is 24.4 Å². The molecule has 0 atom stereocenters. The number of rotatable bonds is 10. The Kier molecular flexibility index (Phi) is 8.50. The molecule has 154 valence electrons. The molecule has 29 heavy (non-hydrogen) atoms. The SMILES string of the molecule is COc1cccc(NC(=O)CN(C)C(=O)COC(=O)CCOc2ccccc2)c1. The molecule has 8 nitrogen and oxygen atoms in total. The number of hydrogen-bond acceptors (Lipinski definition) is 6. The van der Waals surface area contributed by atoms with Crippen molar-refractivity contribution in [1.29, 1.82) is 0 Å². The molecule has 0 aromatic heterocycles. The van der Waals surface area contributed by atoms with Crippen molar-refractivity contribution in [3.63, 3.8) is 0 Å². The van der Waals surface area contributed by atoms with E-state index in [9.17, 15) is 14.4 Å². The largest absolute Gasteiger partial charge is 0.497 e. The molecule has 1 N–H and O–H groups in total. The van der Waals surface area contributed by atoms with Crippen molar-refractivity contribution in [3.05, 3.63) is 54.6 Å². The second-order valence-corrected chi connectivity index (χ2v) is 6.10. The smallest absolute Gasteiger partial charge is 0.309 e. The number of nitrogens with zero attached hydrogens (tertiary/aromatic N) is 1. The minimum absolute atomic E-state index is 0.0161. The number of carbonyl (C=O) groups is 3. The van der Waals surface area contributed by atoms with Crippen LogP contribution in [-0.4, -0.2) is 56.6 Å². The number of para-hydroxylation sites is 1. The topological polar surface area (TPSA) is 94.2 Å². The van der Waals surface area contributed by atoms with E-state index in [1.807, 2.05) is 18.2 Å². The quantitative estimate of drug-likeness (QED) is 0.614. The molecule has 0 radical (unpaired) electrons. The summed E-state index contributed by atoms with van der Waals surface area (Å²) in [4.78, 5) is 37.0. The third kappa shape index (κ3) is 7.92. The molecule has 0 bridgehead atoms. The van der Waals surface area contributed by atoms with E-state index in [4.69, 9.17) is 14.2 Å². The third-order valence-electron chi connectivity index (χ3n) is 3.83. The fraction of sp³-hybridized carbons (Fsp3) is 0.286. The number of carbonyl (C=O) groups excluding carboxylic acids is 3. The maximum atomic E-state index is 12.1. The molecule has 0 unspecified atom stereocenters. The van der Waals surface area contributed by atoms with Gasteiger partial charge in [-0.05, 0) is 24.3 Å². The minimum atomic E-state index is -0.552. The molecule has 0 saturated heterocycles. The van der Waals surface area contributed by atoms with Crippen molar-refractivity contribution in [2.24, 2.45) is 0 Å². The average Bonchev–Trinajstić information content (AvgIpc) is 2.72. The first-order valence-corrected chi connectivity index (χ1v) is 8.99. The molecule has 2 aromatic carbocycles. The number of esters is 1. The van der Waals surface area contributed by atoms with Gasteiger partial charge in [-0.25, -0.2) is 0 Å². The van der Waals surface area contributed by atoms with Gasteiger partial charge in [0, 0.05) is 18.8 Å². The highest BCUT2D eigenvalue weighted by atomic mass is 16.5. The van der Waals surface area contributed by atoms with Gasteiger partial charge in [-0.3, -0.25) is 14.4 Å². The maximum Gasteiger partial charge on any atom is 0.309 e. The van der Waals surface area contributed by atoms with Gasteiger partial charge in [0.05, 0.1) is 26.7 Å². The Bertz CT molecular complexity index is 825. The third-order valence-corrected chi connectivity index (χ3v) is 3.83. The van der Waals surface area contributed by atoms with Crippen LogP contribution in [0.1, 0.15) is 6.42 Å². The number of likely N-dealkylation sites (N-methyl/N-ethyl adjacent to an activating group) is 1. The molecular weight excluding hydrogens is 376 g/mol. The van der Waals surface area contributed by atoms with Crippen molar-refractivity contribution in [3.8, 4) is 11.5 Å². The van der Waals surface area contributed by atoms with Crippen molar-refractivity contribution in [2.45, 2.75) is 6.42 Å². The van der Waals surface area contributed by atoms with E-state index in [2.05, 4.69) is 5.32 Å². The number of methoxy groups -OCH3 is 1. The molecule has 0 saturated carbocycles. The summed E-state index contributed by atoms with van der Waals surface area (Å²) in [7, 11) is 2.99. The molecule has 0 heterocycles. The van der Waals surface area contributed by atoms with Crippen LogP contribution in [0.25, 0.3) is 0 Å². The van der Waals surface area contributed by atoms with E-state index >= 15 is 0 Å². The van der Waals surface area contributed by atoms with Crippen LogP contribution in [-0.2, 0) is 19.1 Å². The van der Waals surface area contributed by atoms with Gasteiger partial charge in [-0.2, -0.15) is 0 Å². The molecule has 0 aliphatic heterocycles.